The maximum atomic E-state index is 13.0. The minimum atomic E-state index is -1.38. The first-order valence-electron chi connectivity index (χ1n) is 13.3. The summed E-state index contributed by atoms with van der Waals surface area (Å²) in [6, 6.07) is -3.50. The van der Waals surface area contributed by atoms with Crippen molar-refractivity contribution in [2.24, 2.45) is 0 Å². The maximum Gasteiger partial charge on any atom is 0.315 e. The lowest BCUT2D eigenvalue weighted by Gasteiger charge is -2.26. The zero-order chi connectivity index (χ0) is 30.9. The van der Waals surface area contributed by atoms with Gasteiger partial charge in [0.15, 0.2) is 34.8 Å². The van der Waals surface area contributed by atoms with Crippen molar-refractivity contribution in [3.05, 3.63) is 33.4 Å². The van der Waals surface area contributed by atoms with Crippen LogP contribution in [-0.4, -0.2) is 111 Å². The van der Waals surface area contributed by atoms with E-state index >= 15 is 0 Å². The summed E-state index contributed by atoms with van der Waals surface area (Å²) in [5, 5.41) is 32.9. The zero-order valence-electron chi connectivity index (χ0n) is 22.4. The maximum absolute atomic E-state index is 13.0. The Labute approximate surface area is 243 Å². The quantitative estimate of drug-likeness (QED) is 0.101. The van der Waals surface area contributed by atoms with Crippen molar-refractivity contribution in [1.29, 1.82) is 0 Å². The zero-order valence-corrected chi connectivity index (χ0v) is 22.4. The number of nitrogens with one attached hydrogen (secondary N) is 6. The number of rotatable bonds is 2. The number of aromatic nitrogens is 8. The van der Waals surface area contributed by atoms with Crippen molar-refractivity contribution >= 4 is 46.3 Å². The number of fused-ring (bicyclic) bond motifs is 4. The Bertz CT molecular complexity index is 1760. The minimum absolute atomic E-state index is 0.0396. The topological polar surface area (TPSA) is 320 Å². The largest absolute Gasteiger partial charge is 0.386 e. The van der Waals surface area contributed by atoms with E-state index in [2.05, 4.69) is 51.2 Å². The van der Waals surface area contributed by atoms with Gasteiger partial charge in [-0.15, -0.1) is 0 Å². The molecule has 3 aliphatic rings. The lowest BCUT2D eigenvalue weighted by Crippen LogP contribution is -2.59. The lowest BCUT2D eigenvalue weighted by molar-refractivity contribution is -0.0335. The van der Waals surface area contributed by atoms with E-state index in [1.165, 1.54) is 21.8 Å². The van der Waals surface area contributed by atoms with Crippen LogP contribution in [0, 0.1) is 0 Å². The molecule has 0 bridgehead atoms. The van der Waals surface area contributed by atoms with Gasteiger partial charge in [-0.25, -0.2) is 19.6 Å². The first-order valence-corrected chi connectivity index (χ1v) is 13.3. The molecule has 8 atom stereocenters. The number of anilines is 2. The number of nitrogens with two attached hydrogens (primary N) is 2. The number of aromatic amines is 2. The summed E-state index contributed by atoms with van der Waals surface area (Å²) in [7, 11) is 0. The summed E-state index contributed by atoms with van der Waals surface area (Å²) in [5.74, 6) is -0.349. The van der Waals surface area contributed by atoms with Crippen LogP contribution in [0.3, 0.4) is 0 Å². The Hall–Kier alpha value is -5.32. The Kier molecular flexibility index (Phi) is 6.34. The number of urea groups is 2. The number of nitrogen functional groups attached to an aromatic ring is 2. The van der Waals surface area contributed by atoms with E-state index in [4.69, 9.17) is 20.9 Å². The fourth-order valence-corrected chi connectivity index (χ4v) is 5.70. The van der Waals surface area contributed by atoms with Gasteiger partial charge in [-0.2, -0.15) is 9.97 Å². The van der Waals surface area contributed by atoms with Crippen molar-refractivity contribution in [3.63, 3.8) is 0 Å². The van der Waals surface area contributed by atoms with Crippen LogP contribution in [0.2, 0.25) is 0 Å². The van der Waals surface area contributed by atoms with E-state index in [-0.39, 0.29) is 47.3 Å². The fraction of sp³-hybridized carbons (Fsp3) is 0.455. The molecule has 22 nitrogen and oxygen atoms in total. The summed E-state index contributed by atoms with van der Waals surface area (Å²) in [5.41, 5.74) is 10.2. The van der Waals surface area contributed by atoms with Gasteiger partial charge in [0.2, 0.25) is 11.9 Å². The molecule has 4 amide bonds. The molecule has 0 aliphatic carbocycles. The third kappa shape index (κ3) is 4.43. The highest BCUT2D eigenvalue weighted by Crippen LogP contribution is 2.33. The number of carbonyl (C=O) groups excluding carboxylic acids is 2. The summed E-state index contributed by atoms with van der Waals surface area (Å²) in [4.78, 5) is 71.3. The van der Waals surface area contributed by atoms with Gasteiger partial charge in [0.05, 0.1) is 24.7 Å². The average Bonchev–Trinajstić information content (AvgIpc) is 3.72. The third-order valence-electron chi connectivity index (χ3n) is 7.72. The summed E-state index contributed by atoms with van der Waals surface area (Å²) >= 11 is 0. The van der Waals surface area contributed by atoms with Crippen LogP contribution in [0.1, 0.15) is 12.5 Å². The molecule has 3 saturated heterocycles. The Morgan fingerprint density at radius 3 is 1.55 bits per heavy atom. The molecule has 0 spiro atoms. The molecule has 22 heteroatoms. The van der Waals surface area contributed by atoms with E-state index in [1.54, 1.807) is 0 Å². The van der Waals surface area contributed by atoms with Crippen molar-refractivity contribution in [1.82, 2.24) is 60.3 Å². The molecule has 4 aromatic rings. The number of amides is 4. The van der Waals surface area contributed by atoms with Gasteiger partial charge in [-0.1, -0.05) is 0 Å². The number of hydrogen-bond acceptors (Lipinski definition) is 14. The van der Waals surface area contributed by atoms with Crippen LogP contribution in [0.15, 0.2) is 22.2 Å². The number of carbonyl (C=O) groups is 2. The molecule has 3 fully saturated rings. The second kappa shape index (κ2) is 10.1. The van der Waals surface area contributed by atoms with Gasteiger partial charge in [0, 0.05) is 13.1 Å². The third-order valence-corrected chi connectivity index (χ3v) is 7.72. The molecule has 4 aromatic heterocycles. The normalized spacial score (nSPS) is 30.9. The van der Waals surface area contributed by atoms with Crippen molar-refractivity contribution < 1.29 is 29.3 Å². The molecule has 44 heavy (non-hydrogen) atoms. The van der Waals surface area contributed by atoms with Crippen LogP contribution in [0.25, 0.3) is 22.3 Å². The van der Waals surface area contributed by atoms with Crippen LogP contribution in [0.5, 0.6) is 0 Å². The number of aliphatic hydroxyl groups excluding tert-OH is 2. The Balaban J connectivity index is 1.13. The number of aliphatic hydroxyl groups is 2. The molecule has 12 N–H and O–H groups in total. The molecule has 0 aromatic carbocycles. The standard InChI is InChI=1S/C22H26N14O8/c23-19-31-13-9(15(39)33-19)27-3-35(13)17-11(37)7-5(43-17)1-25-21(41)30-8-6(2-26-22(42)29-7)44-18(12(8)38)36-4-28-10-14(36)32-20(24)34-16(10)40/h3-8,11-12,17-18,37-38H,1-2H2,(H2,25,30,41)(H2,26,29,42)(H3,23,31,33,39)(H3,24,32,34,40)/t5-,6-,7-,8-,11-,12-,17-,18-/m1/s1. The Morgan fingerprint density at radius 2 is 1.14 bits per heavy atom. The fourth-order valence-electron chi connectivity index (χ4n) is 5.70. The molecule has 0 radical (unpaired) electrons. The highest BCUT2D eigenvalue weighted by molar-refractivity contribution is 5.76. The predicted molar refractivity (Wildman–Crippen MR) is 146 cm³/mol. The van der Waals surface area contributed by atoms with Crippen LogP contribution >= 0.6 is 0 Å². The summed E-state index contributed by atoms with van der Waals surface area (Å²) < 4.78 is 14.6. The SMILES string of the molecule is Nc1nc2c(ncn2[C@@H]2O[C@@H]3CNC(=O)N[C@H]4[C@@H](O)[C@H](n5cnc6c(=O)[nH]c(N)nc65)O[C@@H]4CNC(=O)N[C@H]3[C@H]2O)c(=O)[nH]1. The number of imidazole rings is 2. The van der Waals surface area contributed by atoms with E-state index in [1.807, 2.05) is 0 Å². The first kappa shape index (κ1) is 27.5. The van der Waals surface area contributed by atoms with E-state index in [0.717, 1.165) is 0 Å². The van der Waals surface area contributed by atoms with Crippen LogP contribution in [0.4, 0.5) is 21.5 Å². The second-order valence-electron chi connectivity index (χ2n) is 10.4. The van der Waals surface area contributed by atoms with E-state index in [0.29, 0.717) is 0 Å². The van der Waals surface area contributed by atoms with Crippen LogP contribution in [-0.2, 0) is 9.47 Å². The molecule has 0 unspecified atom stereocenters. The molecule has 3 aliphatic heterocycles. The molecular formula is C22H26N14O8. The van der Waals surface area contributed by atoms with Gasteiger partial charge in [0.25, 0.3) is 11.1 Å². The molecule has 7 rings (SSSR count). The van der Waals surface area contributed by atoms with E-state index < -0.39 is 72.1 Å². The van der Waals surface area contributed by atoms with Gasteiger partial charge in [-0.05, 0) is 0 Å². The Morgan fingerprint density at radius 1 is 0.727 bits per heavy atom. The number of hydrogen-bond donors (Lipinski definition) is 10. The van der Waals surface area contributed by atoms with Gasteiger partial charge < -0.3 is 52.4 Å². The predicted octanol–water partition coefficient (Wildman–Crippen LogP) is -4.72. The van der Waals surface area contributed by atoms with Crippen molar-refractivity contribution in [2.45, 2.75) is 49.0 Å². The molecule has 232 valence electrons. The second-order valence-corrected chi connectivity index (χ2v) is 10.4. The first-order chi connectivity index (χ1) is 21.1. The highest BCUT2D eigenvalue weighted by atomic mass is 16.5. The molecule has 0 saturated carbocycles. The molecular weight excluding hydrogens is 588 g/mol. The van der Waals surface area contributed by atoms with Crippen molar-refractivity contribution in [2.75, 3.05) is 24.6 Å². The highest BCUT2D eigenvalue weighted by Gasteiger charge is 2.49. The average molecular weight is 615 g/mol. The van der Waals surface area contributed by atoms with Gasteiger partial charge in [0.1, 0.15) is 24.4 Å². The number of H-pyrrole nitrogens is 2. The number of nitrogens with zero attached hydrogens (tertiary/aromatic N) is 6. The van der Waals surface area contributed by atoms with E-state index in [9.17, 15) is 29.4 Å². The number of ether oxygens (including phenoxy) is 2. The summed E-state index contributed by atoms with van der Waals surface area (Å²) in [6.45, 7) is -0.383. The molecule has 7 heterocycles. The minimum Gasteiger partial charge on any atom is -0.386 e. The van der Waals surface area contributed by atoms with Gasteiger partial charge in [-0.3, -0.25) is 28.7 Å². The van der Waals surface area contributed by atoms with Crippen molar-refractivity contribution in [3.8, 4) is 0 Å². The van der Waals surface area contributed by atoms with Crippen LogP contribution < -0.4 is 43.9 Å². The monoisotopic (exact) mass is 614 g/mol. The lowest BCUT2D eigenvalue weighted by atomic mass is 10.1. The smallest absolute Gasteiger partial charge is 0.315 e. The van der Waals surface area contributed by atoms with Gasteiger partial charge >= 0.3 is 12.1 Å². The summed E-state index contributed by atoms with van der Waals surface area (Å²) in [6.07, 6.45) is -4.50.